The van der Waals surface area contributed by atoms with Crippen molar-refractivity contribution in [3.63, 3.8) is 0 Å². The smallest absolute Gasteiger partial charge is 0.310 e. The van der Waals surface area contributed by atoms with Crippen LogP contribution in [0.2, 0.25) is 0 Å². The van der Waals surface area contributed by atoms with Gasteiger partial charge in [0.15, 0.2) is 0 Å². The van der Waals surface area contributed by atoms with Gasteiger partial charge in [-0.3, -0.25) is 4.79 Å². The topological polar surface area (TPSA) is 37.3 Å². The molecule has 10 heavy (non-hydrogen) atoms. The minimum atomic E-state index is -0.658. The Hall–Kier alpha value is -0.100. The van der Waals surface area contributed by atoms with Crippen molar-refractivity contribution in [1.29, 1.82) is 0 Å². The van der Waals surface area contributed by atoms with E-state index in [0.29, 0.717) is 8.58 Å². The van der Waals surface area contributed by atoms with Gasteiger partial charge in [-0.25, -0.2) is 0 Å². The Morgan fingerprint density at radius 2 is 2.30 bits per heavy atom. The van der Waals surface area contributed by atoms with E-state index in [1.165, 1.54) is 6.42 Å². The predicted molar refractivity (Wildman–Crippen MR) is 45.2 cm³/mol. The van der Waals surface area contributed by atoms with Crippen molar-refractivity contribution in [2.24, 2.45) is 0 Å². The first-order chi connectivity index (χ1) is 4.68. The van der Waals surface area contributed by atoms with E-state index in [-0.39, 0.29) is 5.66 Å². The lowest BCUT2D eigenvalue weighted by molar-refractivity contribution is -0.136. The monoisotopic (exact) mass is 162 g/mol. The minimum Gasteiger partial charge on any atom is -0.481 e. The number of aliphatic carboxylic acids is 1. The quantitative estimate of drug-likeness (QED) is 0.495. The summed E-state index contributed by atoms with van der Waals surface area (Å²) in [5.74, 6) is -0.658. The first-order valence-electron chi connectivity index (χ1n) is 3.64. The van der Waals surface area contributed by atoms with Gasteiger partial charge >= 0.3 is 5.97 Å². The van der Waals surface area contributed by atoms with E-state index < -0.39 is 5.97 Å². The number of hydrogen-bond donors (Lipinski definition) is 1. The Morgan fingerprint density at radius 3 is 2.70 bits per heavy atom. The van der Waals surface area contributed by atoms with Crippen LogP contribution in [0.25, 0.3) is 0 Å². The minimum absolute atomic E-state index is 0.133. The molecule has 0 aromatic carbocycles. The molecule has 0 radical (unpaired) electrons. The van der Waals surface area contributed by atoms with Crippen molar-refractivity contribution in [1.82, 2.24) is 0 Å². The molecule has 1 N–H and O–H groups in total. The highest BCUT2D eigenvalue weighted by molar-refractivity contribution is 7.40. The second-order valence-electron chi connectivity index (χ2n) is 2.37. The summed E-state index contributed by atoms with van der Waals surface area (Å²) in [7, 11) is 0.594. The van der Waals surface area contributed by atoms with Crippen LogP contribution in [0.4, 0.5) is 0 Å². The van der Waals surface area contributed by atoms with Crippen LogP contribution in [0.3, 0.4) is 0 Å². The molecule has 3 heteroatoms. The maximum absolute atomic E-state index is 10.3. The maximum atomic E-state index is 10.3. The highest BCUT2D eigenvalue weighted by Gasteiger charge is 2.08. The van der Waals surface area contributed by atoms with Crippen LogP contribution in [0.15, 0.2) is 0 Å². The van der Waals surface area contributed by atoms with Crippen LogP contribution in [0.5, 0.6) is 0 Å². The van der Waals surface area contributed by atoms with Crippen molar-refractivity contribution in [3.05, 3.63) is 0 Å². The average molecular weight is 162 g/mol. The van der Waals surface area contributed by atoms with Crippen molar-refractivity contribution in [2.75, 3.05) is 6.16 Å². The molecule has 0 spiro atoms. The summed E-state index contributed by atoms with van der Waals surface area (Å²) in [6, 6.07) is 0. The Balaban J connectivity index is 3.21. The van der Waals surface area contributed by atoms with E-state index in [0.717, 1.165) is 12.6 Å². The number of rotatable bonds is 5. The third kappa shape index (κ3) is 4.75. The van der Waals surface area contributed by atoms with Crippen molar-refractivity contribution in [2.45, 2.75) is 32.3 Å². The van der Waals surface area contributed by atoms with Gasteiger partial charge in [-0.15, -0.1) is 8.58 Å². The summed E-state index contributed by atoms with van der Waals surface area (Å²) in [6.07, 6.45) is 3.40. The lowest BCUT2D eigenvalue weighted by Gasteiger charge is -2.03. The molecule has 0 aromatic rings. The summed E-state index contributed by atoms with van der Waals surface area (Å²) in [5.41, 5.74) is -0.133. The molecule has 0 amide bonds. The largest absolute Gasteiger partial charge is 0.481 e. The highest BCUT2D eigenvalue weighted by Crippen LogP contribution is 2.19. The lowest BCUT2D eigenvalue weighted by atomic mass is 10.4. The Labute approximate surface area is 63.8 Å². The molecule has 0 fully saturated rings. The average Bonchev–Trinajstić information content (AvgIpc) is 1.88. The number of hydrogen-bond acceptors (Lipinski definition) is 1. The Morgan fingerprint density at radius 1 is 1.70 bits per heavy atom. The van der Waals surface area contributed by atoms with Crippen molar-refractivity contribution >= 4 is 14.6 Å². The third-order valence-electron chi connectivity index (χ3n) is 1.35. The first-order valence-corrected chi connectivity index (χ1v) is 4.93. The molecule has 2 atom stereocenters. The zero-order valence-corrected chi connectivity index (χ0v) is 7.55. The summed E-state index contributed by atoms with van der Waals surface area (Å²) in [4.78, 5) is 10.3. The zero-order valence-electron chi connectivity index (χ0n) is 6.55. The van der Waals surface area contributed by atoms with Gasteiger partial charge in [-0.2, -0.15) is 0 Å². The van der Waals surface area contributed by atoms with Gasteiger partial charge < -0.3 is 5.11 Å². The molecule has 2 unspecified atom stereocenters. The number of carbonyl (C=O) groups is 1. The number of unbranched alkanes of at least 4 members (excludes halogenated alkanes) is 1. The van der Waals surface area contributed by atoms with Crippen LogP contribution in [-0.2, 0) is 4.79 Å². The second kappa shape index (κ2) is 5.67. The van der Waals surface area contributed by atoms with Crippen LogP contribution >= 0.6 is 8.58 Å². The second-order valence-corrected chi connectivity index (χ2v) is 4.14. The predicted octanol–water partition coefficient (Wildman–Crippen LogP) is 1.94. The van der Waals surface area contributed by atoms with Gasteiger partial charge in [-0.1, -0.05) is 13.3 Å². The van der Waals surface area contributed by atoms with Crippen LogP contribution < -0.4 is 0 Å². The number of carboxylic acid groups (broad SMARTS) is 1. The maximum Gasteiger partial charge on any atom is 0.310 e. The van der Waals surface area contributed by atoms with Gasteiger partial charge in [0.1, 0.15) is 0 Å². The molecule has 0 aliphatic rings. The molecule has 2 nitrogen and oxygen atoms in total. The van der Waals surface area contributed by atoms with Crippen LogP contribution in [0.1, 0.15) is 26.7 Å². The molecule has 0 aliphatic carbocycles. The fourth-order valence-corrected chi connectivity index (χ4v) is 1.75. The Kier molecular flexibility index (Phi) is 5.61. The van der Waals surface area contributed by atoms with E-state index in [1.54, 1.807) is 6.92 Å². The summed E-state index contributed by atoms with van der Waals surface area (Å²) in [5, 5.41) is 8.49. The van der Waals surface area contributed by atoms with E-state index in [4.69, 9.17) is 5.11 Å². The van der Waals surface area contributed by atoms with E-state index in [9.17, 15) is 4.79 Å². The molecule has 0 aromatic heterocycles. The molecule has 0 rings (SSSR count). The molecule has 0 saturated heterocycles. The van der Waals surface area contributed by atoms with Crippen LogP contribution in [-0.4, -0.2) is 22.9 Å². The van der Waals surface area contributed by atoms with Crippen molar-refractivity contribution in [3.8, 4) is 0 Å². The number of carboxylic acids is 1. The summed E-state index contributed by atoms with van der Waals surface area (Å²) >= 11 is 0. The molecule has 0 bridgehead atoms. The lowest BCUT2D eigenvalue weighted by Crippen LogP contribution is -2.10. The normalized spacial score (nSPS) is 14.2. The SMILES string of the molecule is CCCCPC(C)C(=O)O. The molecule has 0 saturated carbocycles. The van der Waals surface area contributed by atoms with Gasteiger partial charge in [0.05, 0.1) is 5.66 Å². The standard InChI is InChI=1S/C7H15O2P/c1-3-4-5-10-6(2)7(8)9/h6,10H,3-5H2,1-2H3,(H,8,9). The molecular weight excluding hydrogens is 147 g/mol. The molecule has 0 heterocycles. The fraction of sp³-hybridized carbons (Fsp3) is 0.857. The third-order valence-corrected chi connectivity index (χ3v) is 2.85. The summed E-state index contributed by atoms with van der Waals surface area (Å²) < 4.78 is 0. The molecule has 0 aliphatic heterocycles. The van der Waals surface area contributed by atoms with Gasteiger partial charge in [0, 0.05) is 0 Å². The Bertz CT molecular complexity index is 104. The van der Waals surface area contributed by atoms with Gasteiger partial charge in [-0.05, 0) is 19.5 Å². The summed E-state index contributed by atoms with van der Waals surface area (Å²) in [6.45, 7) is 3.90. The van der Waals surface area contributed by atoms with E-state index in [1.807, 2.05) is 0 Å². The fourth-order valence-electron chi connectivity index (χ4n) is 0.583. The van der Waals surface area contributed by atoms with Gasteiger partial charge in [0.25, 0.3) is 0 Å². The highest BCUT2D eigenvalue weighted by atomic mass is 31.1. The molecule has 60 valence electrons. The van der Waals surface area contributed by atoms with Crippen LogP contribution in [0, 0.1) is 0 Å². The van der Waals surface area contributed by atoms with Gasteiger partial charge in [0.2, 0.25) is 0 Å². The van der Waals surface area contributed by atoms with E-state index in [2.05, 4.69) is 6.92 Å². The zero-order chi connectivity index (χ0) is 7.98. The molecular formula is C7H15O2P. The first kappa shape index (κ1) is 9.90. The van der Waals surface area contributed by atoms with E-state index >= 15 is 0 Å². The van der Waals surface area contributed by atoms with Crippen molar-refractivity contribution < 1.29 is 9.90 Å².